The fourth-order valence-corrected chi connectivity index (χ4v) is 5.42. The molecule has 0 spiro atoms. The number of nitrogens with zero attached hydrogens (tertiary/aromatic N) is 1. The number of amides is 1. The normalized spacial score (nSPS) is 27.0. The zero-order chi connectivity index (χ0) is 17.5. The zero-order valence-electron chi connectivity index (χ0n) is 13.9. The van der Waals surface area contributed by atoms with Crippen LogP contribution in [0, 0.1) is 11.8 Å². The van der Waals surface area contributed by atoms with Gasteiger partial charge in [0.1, 0.15) is 6.04 Å². The van der Waals surface area contributed by atoms with Crippen LogP contribution in [0.15, 0.2) is 24.3 Å². The predicted molar refractivity (Wildman–Crippen MR) is 95.6 cm³/mol. The van der Waals surface area contributed by atoms with Crippen LogP contribution >= 0.6 is 11.6 Å². The number of halogens is 1. The number of hydrogen-bond donors (Lipinski definition) is 1. The molecular weight excluding hydrogens is 348 g/mol. The average Bonchev–Trinajstić information content (AvgIpc) is 3.10. The molecule has 0 unspecified atom stereocenters. The summed E-state index contributed by atoms with van der Waals surface area (Å²) in [4.78, 5) is 12.7. The third-order valence-corrected chi connectivity index (χ3v) is 6.73. The van der Waals surface area contributed by atoms with Gasteiger partial charge in [-0.2, -0.15) is 0 Å². The summed E-state index contributed by atoms with van der Waals surface area (Å²) in [5.74, 6) is 1.03. The van der Waals surface area contributed by atoms with Crippen LogP contribution in [0.2, 0.25) is 5.02 Å². The third-order valence-electron chi connectivity index (χ3n) is 5.24. The van der Waals surface area contributed by atoms with Crippen molar-refractivity contribution >= 4 is 33.2 Å². The van der Waals surface area contributed by atoms with Crippen LogP contribution in [-0.2, 0) is 14.8 Å². The van der Waals surface area contributed by atoms with Gasteiger partial charge in [-0.05, 0) is 62.3 Å². The Balaban J connectivity index is 1.77. The third kappa shape index (κ3) is 3.54. The summed E-state index contributed by atoms with van der Waals surface area (Å²) in [6, 6.07) is 5.85. The highest BCUT2D eigenvalue weighted by Crippen LogP contribution is 2.44. The predicted octanol–water partition coefficient (Wildman–Crippen LogP) is 2.80. The van der Waals surface area contributed by atoms with Crippen LogP contribution in [0.1, 0.15) is 32.6 Å². The van der Waals surface area contributed by atoms with Gasteiger partial charge in [0.2, 0.25) is 15.9 Å². The van der Waals surface area contributed by atoms with Crippen molar-refractivity contribution in [2.24, 2.45) is 11.8 Å². The molecular formula is C17H23ClN2O3S. The van der Waals surface area contributed by atoms with E-state index in [9.17, 15) is 13.2 Å². The molecule has 2 bridgehead atoms. The summed E-state index contributed by atoms with van der Waals surface area (Å²) in [6.45, 7) is 1.62. The van der Waals surface area contributed by atoms with Crippen LogP contribution < -0.4 is 9.62 Å². The highest BCUT2D eigenvalue weighted by Gasteiger charge is 2.41. The van der Waals surface area contributed by atoms with Crippen molar-refractivity contribution < 1.29 is 13.2 Å². The number of rotatable bonds is 5. The molecule has 0 aliphatic heterocycles. The molecule has 2 fully saturated rings. The molecule has 24 heavy (non-hydrogen) atoms. The van der Waals surface area contributed by atoms with Gasteiger partial charge in [-0.25, -0.2) is 8.42 Å². The number of carbonyl (C=O) groups excluding carboxylic acids is 1. The summed E-state index contributed by atoms with van der Waals surface area (Å²) < 4.78 is 25.6. The second-order valence-electron chi connectivity index (χ2n) is 7.00. The maximum absolute atomic E-state index is 12.7. The Morgan fingerprint density at radius 1 is 1.25 bits per heavy atom. The molecule has 1 aromatic rings. The summed E-state index contributed by atoms with van der Waals surface area (Å²) >= 11 is 5.87. The van der Waals surface area contributed by atoms with Gasteiger partial charge in [0.25, 0.3) is 0 Å². The van der Waals surface area contributed by atoms with Crippen LogP contribution in [0.5, 0.6) is 0 Å². The SMILES string of the molecule is C[C@@H](C(=O)N[C@H]1C[C@H]2CC[C@H]1C2)N(c1ccc(Cl)cc1)S(C)(=O)=O. The van der Waals surface area contributed by atoms with Gasteiger partial charge in [0.15, 0.2) is 0 Å². The van der Waals surface area contributed by atoms with E-state index in [1.54, 1.807) is 31.2 Å². The Bertz CT molecular complexity index is 720. The number of hydrogen-bond acceptors (Lipinski definition) is 3. The highest BCUT2D eigenvalue weighted by atomic mass is 35.5. The van der Waals surface area contributed by atoms with Crippen molar-refractivity contribution in [2.45, 2.75) is 44.7 Å². The number of carbonyl (C=O) groups is 1. The molecule has 1 N–H and O–H groups in total. The minimum Gasteiger partial charge on any atom is -0.351 e. The standard InChI is InChI=1S/C17H23ClN2O3S/c1-11(17(21)19-16-10-12-3-4-13(16)9-12)20(24(2,22)23)15-7-5-14(18)6-8-15/h5-8,11-13,16H,3-4,9-10H2,1-2H3,(H,19,21)/t11-,12-,13-,16-/m0/s1. The first-order valence-corrected chi connectivity index (χ1v) is 10.5. The van der Waals surface area contributed by atoms with Crippen molar-refractivity contribution in [3.8, 4) is 0 Å². The topological polar surface area (TPSA) is 66.5 Å². The fraction of sp³-hybridized carbons (Fsp3) is 0.588. The summed E-state index contributed by atoms with van der Waals surface area (Å²) in [7, 11) is -3.59. The fourth-order valence-electron chi connectivity index (χ4n) is 4.12. The van der Waals surface area contributed by atoms with Crippen molar-refractivity contribution in [3.63, 3.8) is 0 Å². The minimum absolute atomic E-state index is 0.185. The van der Waals surface area contributed by atoms with Gasteiger partial charge in [0.05, 0.1) is 11.9 Å². The molecule has 2 saturated carbocycles. The van der Waals surface area contributed by atoms with Crippen molar-refractivity contribution in [2.75, 3.05) is 10.6 Å². The van der Waals surface area contributed by atoms with E-state index >= 15 is 0 Å². The van der Waals surface area contributed by atoms with E-state index in [1.807, 2.05) is 0 Å². The lowest BCUT2D eigenvalue weighted by Gasteiger charge is -2.31. The molecule has 132 valence electrons. The quantitative estimate of drug-likeness (QED) is 0.866. The van der Waals surface area contributed by atoms with E-state index in [0.717, 1.165) is 29.3 Å². The van der Waals surface area contributed by atoms with Crippen LogP contribution in [0.4, 0.5) is 5.69 Å². The monoisotopic (exact) mass is 370 g/mol. The van der Waals surface area contributed by atoms with E-state index in [-0.39, 0.29) is 11.9 Å². The van der Waals surface area contributed by atoms with Gasteiger partial charge in [-0.15, -0.1) is 0 Å². The molecule has 0 saturated heterocycles. The Morgan fingerprint density at radius 3 is 2.42 bits per heavy atom. The molecule has 0 radical (unpaired) electrons. The molecule has 7 heteroatoms. The lowest BCUT2D eigenvalue weighted by Crippen LogP contribution is -2.51. The molecule has 0 heterocycles. The van der Waals surface area contributed by atoms with Crippen molar-refractivity contribution in [1.82, 2.24) is 5.32 Å². The van der Waals surface area contributed by atoms with E-state index in [4.69, 9.17) is 11.6 Å². The van der Waals surface area contributed by atoms with E-state index < -0.39 is 16.1 Å². The van der Waals surface area contributed by atoms with Gasteiger partial charge in [0, 0.05) is 11.1 Å². The van der Waals surface area contributed by atoms with Gasteiger partial charge in [-0.3, -0.25) is 9.10 Å². The van der Waals surface area contributed by atoms with E-state index in [1.165, 1.54) is 12.8 Å². The number of anilines is 1. The maximum Gasteiger partial charge on any atom is 0.243 e. The first-order valence-electron chi connectivity index (χ1n) is 8.31. The summed E-state index contributed by atoms with van der Waals surface area (Å²) in [5, 5.41) is 3.59. The van der Waals surface area contributed by atoms with Crippen LogP contribution in [0.25, 0.3) is 0 Å². The molecule has 1 aromatic carbocycles. The lowest BCUT2D eigenvalue weighted by atomic mass is 9.95. The minimum atomic E-state index is -3.59. The van der Waals surface area contributed by atoms with Crippen LogP contribution in [0.3, 0.4) is 0 Å². The Kier molecular flexibility index (Phi) is 4.80. The number of nitrogens with one attached hydrogen (secondary N) is 1. The lowest BCUT2D eigenvalue weighted by molar-refractivity contribution is -0.122. The Morgan fingerprint density at radius 2 is 1.92 bits per heavy atom. The highest BCUT2D eigenvalue weighted by molar-refractivity contribution is 7.92. The molecule has 2 aliphatic carbocycles. The second kappa shape index (κ2) is 6.56. The smallest absolute Gasteiger partial charge is 0.243 e. The van der Waals surface area contributed by atoms with E-state index in [0.29, 0.717) is 16.6 Å². The number of benzene rings is 1. The van der Waals surface area contributed by atoms with Gasteiger partial charge in [-0.1, -0.05) is 18.0 Å². The van der Waals surface area contributed by atoms with Crippen LogP contribution in [-0.4, -0.2) is 32.7 Å². The molecule has 4 atom stereocenters. The second-order valence-corrected chi connectivity index (χ2v) is 9.30. The van der Waals surface area contributed by atoms with Gasteiger partial charge < -0.3 is 5.32 Å². The number of fused-ring (bicyclic) bond motifs is 2. The van der Waals surface area contributed by atoms with Gasteiger partial charge >= 0.3 is 0 Å². The Hall–Kier alpha value is -1.27. The van der Waals surface area contributed by atoms with E-state index in [2.05, 4.69) is 5.32 Å². The largest absolute Gasteiger partial charge is 0.351 e. The molecule has 5 nitrogen and oxygen atoms in total. The maximum atomic E-state index is 12.7. The van der Waals surface area contributed by atoms with Crippen molar-refractivity contribution in [1.29, 1.82) is 0 Å². The summed E-state index contributed by atoms with van der Waals surface area (Å²) in [5.41, 5.74) is 0.442. The van der Waals surface area contributed by atoms with Crippen molar-refractivity contribution in [3.05, 3.63) is 29.3 Å². The summed E-state index contributed by atoms with van der Waals surface area (Å²) in [6.07, 6.45) is 5.74. The average molecular weight is 371 g/mol. The molecule has 3 rings (SSSR count). The molecule has 2 aliphatic rings. The molecule has 0 aromatic heterocycles. The first kappa shape index (κ1) is 17.5. The molecule has 1 amide bonds. The zero-order valence-corrected chi connectivity index (χ0v) is 15.5. The number of sulfonamides is 1. The first-order chi connectivity index (χ1) is 11.3. The Labute approximate surface area is 148 Å².